The molecule has 0 saturated carbocycles. The van der Waals surface area contributed by atoms with Crippen molar-refractivity contribution in [3.05, 3.63) is 224 Å². The van der Waals surface area contributed by atoms with Crippen molar-refractivity contribution in [1.29, 1.82) is 0 Å². The zero-order valence-electron chi connectivity index (χ0n) is 31.7. The van der Waals surface area contributed by atoms with Crippen molar-refractivity contribution in [1.82, 2.24) is 0 Å². The molecule has 0 unspecified atom stereocenters. The molecule has 2 heteroatoms. The van der Waals surface area contributed by atoms with Gasteiger partial charge in [0.15, 0.2) is 0 Å². The quantitative estimate of drug-likeness (QED) is 0.157. The summed E-state index contributed by atoms with van der Waals surface area (Å²) in [6.07, 6.45) is 0. The Kier molecular flexibility index (Phi) is 8.42. The Morgan fingerprint density at radius 3 is 1.48 bits per heavy atom. The van der Waals surface area contributed by atoms with Crippen LogP contribution < -0.4 is 4.90 Å². The third-order valence-corrected chi connectivity index (χ3v) is 12.7. The van der Waals surface area contributed by atoms with Crippen molar-refractivity contribution in [2.24, 2.45) is 0 Å². The van der Waals surface area contributed by atoms with Crippen molar-refractivity contribution >= 4 is 70.1 Å². The Hall–Kier alpha value is -7.26. The molecule has 0 radical (unpaired) electrons. The van der Waals surface area contributed by atoms with Gasteiger partial charge in [0, 0.05) is 37.1 Å². The van der Waals surface area contributed by atoms with Gasteiger partial charge in [-0.25, -0.2) is 0 Å². The Labute approximate surface area is 342 Å². The molecule has 0 aliphatic carbocycles. The molecule has 10 aromatic carbocycles. The maximum atomic E-state index is 2.43. The number of hydrogen-bond donors (Lipinski definition) is 0. The number of anilines is 3. The van der Waals surface area contributed by atoms with Crippen molar-refractivity contribution < 1.29 is 0 Å². The highest BCUT2D eigenvalue weighted by Crippen LogP contribution is 2.45. The van der Waals surface area contributed by atoms with Crippen LogP contribution in [0.3, 0.4) is 0 Å². The summed E-state index contributed by atoms with van der Waals surface area (Å²) in [5.74, 6) is 0. The highest BCUT2D eigenvalue weighted by Gasteiger charge is 2.20. The lowest BCUT2D eigenvalue weighted by Crippen LogP contribution is -2.11. The third-order valence-electron chi connectivity index (χ3n) is 11.5. The van der Waals surface area contributed by atoms with Gasteiger partial charge in [-0.3, -0.25) is 0 Å². The standard InChI is InChI=1S/C56H37NS/c1-2-13-41(14-3-1)50-34-29-47(46-24-22-39-12-5-7-16-44(39)36-46)37-54(50)57(48-30-25-40(26-31-48)45-23-21-38-11-4-6-15-43(38)35-45)49-32-27-42(28-33-49)51-18-10-19-53-52-17-8-9-20-55(52)58-56(51)53/h1-37H. The highest BCUT2D eigenvalue weighted by molar-refractivity contribution is 7.26. The van der Waals surface area contributed by atoms with Crippen molar-refractivity contribution in [2.75, 3.05) is 4.90 Å². The molecule has 0 saturated heterocycles. The molecule has 0 fully saturated rings. The molecule has 0 N–H and O–H groups in total. The second kappa shape index (κ2) is 14.4. The Balaban J connectivity index is 1.08. The first-order valence-corrected chi connectivity index (χ1v) is 20.6. The molecule has 0 bridgehead atoms. The number of nitrogens with zero attached hydrogens (tertiary/aromatic N) is 1. The van der Waals surface area contributed by atoms with Gasteiger partial charge in [-0.15, -0.1) is 11.3 Å². The SMILES string of the molecule is c1ccc(-c2ccc(-c3ccc4ccccc4c3)cc2N(c2ccc(-c3ccc4ccccc4c3)cc2)c2ccc(-c3cccc4c3sc3ccccc34)cc2)cc1. The van der Waals surface area contributed by atoms with E-state index in [0.29, 0.717) is 0 Å². The number of rotatable bonds is 7. The Bertz CT molecular complexity index is 3270. The van der Waals surface area contributed by atoms with E-state index in [1.165, 1.54) is 86.2 Å². The monoisotopic (exact) mass is 755 g/mol. The van der Waals surface area contributed by atoms with Gasteiger partial charge in [0.1, 0.15) is 0 Å². The van der Waals surface area contributed by atoms with Crippen LogP contribution in [-0.2, 0) is 0 Å². The fraction of sp³-hybridized carbons (Fsp3) is 0. The average Bonchev–Trinajstić information content (AvgIpc) is 3.69. The van der Waals surface area contributed by atoms with Gasteiger partial charge in [-0.2, -0.15) is 0 Å². The minimum absolute atomic E-state index is 1.09. The Morgan fingerprint density at radius 2 is 0.793 bits per heavy atom. The van der Waals surface area contributed by atoms with E-state index in [9.17, 15) is 0 Å². The zero-order chi connectivity index (χ0) is 38.4. The van der Waals surface area contributed by atoms with Crippen molar-refractivity contribution in [3.63, 3.8) is 0 Å². The normalized spacial score (nSPS) is 11.4. The summed E-state index contributed by atoms with van der Waals surface area (Å²) in [5.41, 5.74) is 12.9. The summed E-state index contributed by atoms with van der Waals surface area (Å²) in [6, 6.07) is 82.1. The first-order valence-electron chi connectivity index (χ1n) is 19.8. The number of fused-ring (bicyclic) bond motifs is 5. The summed E-state index contributed by atoms with van der Waals surface area (Å²) >= 11 is 1.88. The molecule has 0 aliphatic rings. The third kappa shape index (κ3) is 6.12. The first kappa shape index (κ1) is 34.0. The minimum Gasteiger partial charge on any atom is -0.310 e. The lowest BCUT2D eigenvalue weighted by molar-refractivity contribution is 1.28. The number of thiophene rings is 1. The van der Waals surface area contributed by atoms with E-state index >= 15 is 0 Å². The van der Waals surface area contributed by atoms with Gasteiger partial charge >= 0.3 is 0 Å². The summed E-state index contributed by atoms with van der Waals surface area (Å²) < 4.78 is 2.65. The fourth-order valence-corrected chi connectivity index (χ4v) is 9.73. The topological polar surface area (TPSA) is 3.24 Å². The molecule has 0 spiro atoms. The van der Waals surface area contributed by atoms with Gasteiger partial charge in [0.2, 0.25) is 0 Å². The van der Waals surface area contributed by atoms with Crippen LogP contribution >= 0.6 is 11.3 Å². The molecule has 58 heavy (non-hydrogen) atoms. The lowest BCUT2D eigenvalue weighted by atomic mass is 9.95. The molecule has 0 aliphatic heterocycles. The maximum Gasteiger partial charge on any atom is 0.0546 e. The molecular weight excluding hydrogens is 719 g/mol. The van der Waals surface area contributed by atoms with E-state index in [1.807, 2.05) is 11.3 Å². The minimum atomic E-state index is 1.09. The van der Waals surface area contributed by atoms with Gasteiger partial charge < -0.3 is 4.90 Å². The predicted molar refractivity (Wildman–Crippen MR) is 251 cm³/mol. The van der Waals surface area contributed by atoms with Crippen LogP contribution in [0.4, 0.5) is 17.1 Å². The van der Waals surface area contributed by atoms with Crippen molar-refractivity contribution in [2.45, 2.75) is 0 Å². The molecule has 1 heterocycles. The average molecular weight is 756 g/mol. The molecule has 11 aromatic rings. The zero-order valence-corrected chi connectivity index (χ0v) is 32.5. The van der Waals surface area contributed by atoms with Gasteiger partial charge in [-0.1, -0.05) is 176 Å². The summed E-state index contributed by atoms with van der Waals surface area (Å²) in [6.45, 7) is 0. The summed E-state index contributed by atoms with van der Waals surface area (Å²) in [5, 5.41) is 7.61. The largest absolute Gasteiger partial charge is 0.310 e. The van der Waals surface area contributed by atoms with E-state index in [1.54, 1.807) is 0 Å². The fourth-order valence-electron chi connectivity index (χ4n) is 8.49. The van der Waals surface area contributed by atoms with Crippen LogP contribution in [-0.4, -0.2) is 0 Å². The molecule has 1 nitrogen and oxygen atoms in total. The van der Waals surface area contributed by atoms with Crippen LogP contribution in [0.15, 0.2) is 224 Å². The maximum absolute atomic E-state index is 2.43. The highest BCUT2D eigenvalue weighted by atomic mass is 32.1. The van der Waals surface area contributed by atoms with Gasteiger partial charge in [-0.05, 0) is 109 Å². The van der Waals surface area contributed by atoms with Gasteiger partial charge in [0.05, 0.1) is 5.69 Å². The van der Waals surface area contributed by atoms with Crippen LogP contribution in [0.2, 0.25) is 0 Å². The van der Waals surface area contributed by atoms with Crippen LogP contribution in [0.25, 0.3) is 86.2 Å². The molecule has 1 aromatic heterocycles. The van der Waals surface area contributed by atoms with E-state index in [4.69, 9.17) is 0 Å². The number of hydrogen-bond acceptors (Lipinski definition) is 2. The molecule has 0 atom stereocenters. The van der Waals surface area contributed by atoms with E-state index in [2.05, 4.69) is 229 Å². The predicted octanol–water partition coefficient (Wildman–Crippen LogP) is 16.5. The second-order valence-corrected chi connectivity index (χ2v) is 16.0. The van der Waals surface area contributed by atoms with Crippen LogP contribution in [0.5, 0.6) is 0 Å². The van der Waals surface area contributed by atoms with Crippen LogP contribution in [0.1, 0.15) is 0 Å². The lowest BCUT2D eigenvalue weighted by Gasteiger charge is -2.29. The molecule has 272 valence electrons. The molecule has 0 amide bonds. The van der Waals surface area contributed by atoms with Crippen LogP contribution in [0, 0.1) is 0 Å². The summed E-state index contributed by atoms with van der Waals surface area (Å²) in [4.78, 5) is 2.43. The molecular formula is C56H37NS. The Morgan fingerprint density at radius 1 is 0.293 bits per heavy atom. The van der Waals surface area contributed by atoms with E-state index < -0.39 is 0 Å². The molecule has 11 rings (SSSR count). The van der Waals surface area contributed by atoms with E-state index in [0.717, 1.165) is 17.1 Å². The first-order chi connectivity index (χ1) is 28.7. The van der Waals surface area contributed by atoms with Gasteiger partial charge in [0.25, 0.3) is 0 Å². The number of benzene rings is 10. The summed E-state index contributed by atoms with van der Waals surface area (Å²) in [7, 11) is 0. The second-order valence-electron chi connectivity index (χ2n) is 14.9. The van der Waals surface area contributed by atoms with E-state index in [-0.39, 0.29) is 0 Å². The smallest absolute Gasteiger partial charge is 0.0546 e. The van der Waals surface area contributed by atoms with Crippen molar-refractivity contribution in [3.8, 4) is 44.5 Å².